The van der Waals surface area contributed by atoms with Gasteiger partial charge in [0.25, 0.3) is 8.32 Å². The highest BCUT2D eigenvalue weighted by molar-refractivity contribution is 7.80. The molecule has 0 spiro atoms. The number of carbonyl (C=O) groups excluding carboxylic acids is 1. The van der Waals surface area contributed by atoms with Crippen LogP contribution in [-0.2, 0) is 28.2 Å². The first kappa shape index (κ1) is 28.9. The maximum Gasteiger partial charge on any atom is 0.303 e. The molecule has 0 bridgehead atoms. The largest absolute Gasteiger partial charge is 0.456 e. The van der Waals surface area contributed by atoms with Crippen LogP contribution in [0.2, 0.25) is 5.04 Å². The van der Waals surface area contributed by atoms with Crippen LogP contribution in [0.5, 0.6) is 0 Å². The summed E-state index contributed by atoms with van der Waals surface area (Å²) in [6.45, 7) is 13.1. The molecular weight excluding hydrogens is 492 g/mol. The van der Waals surface area contributed by atoms with E-state index in [0.717, 1.165) is 0 Å². The van der Waals surface area contributed by atoms with E-state index in [0.29, 0.717) is 13.2 Å². The van der Waals surface area contributed by atoms with Gasteiger partial charge in [0.1, 0.15) is 23.7 Å². The van der Waals surface area contributed by atoms with E-state index in [9.17, 15) is 4.79 Å². The number of carbonyl (C=O) groups is 1. The maximum atomic E-state index is 11.8. The zero-order valence-electron chi connectivity index (χ0n) is 22.2. The Kier molecular flexibility index (Phi) is 10.2. The van der Waals surface area contributed by atoms with E-state index < -0.39 is 44.1 Å². The van der Waals surface area contributed by atoms with Crippen molar-refractivity contribution in [3.05, 3.63) is 60.7 Å². The van der Waals surface area contributed by atoms with Gasteiger partial charge in [0.2, 0.25) is 0 Å². The van der Waals surface area contributed by atoms with Crippen molar-refractivity contribution < 1.29 is 28.2 Å². The first-order chi connectivity index (χ1) is 17.2. The molecule has 0 N–H and O–H groups in total. The SMILES string of the molecule is CCO[C@@H]1[C@@H](OC(C)=O)[C@H](S)O[C@H](CO[Si](c2ccccc2)(c2ccccc2)C(C)(C)C)[C@@H]1OCC. The Morgan fingerprint density at radius 2 is 1.39 bits per heavy atom. The molecule has 1 heterocycles. The Hall–Kier alpha value is -1.68. The zero-order valence-corrected chi connectivity index (χ0v) is 24.1. The van der Waals surface area contributed by atoms with Crippen molar-refractivity contribution in [2.24, 2.45) is 0 Å². The Morgan fingerprint density at radius 1 is 0.889 bits per heavy atom. The number of hydrogen-bond acceptors (Lipinski definition) is 7. The van der Waals surface area contributed by atoms with Crippen LogP contribution < -0.4 is 10.4 Å². The second-order valence-corrected chi connectivity index (χ2v) is 14.8. The average Bonchev–Trinajstić information content (AvgIpc) is 2.84. The molecule has 2 aromatic rings. The summed E-state index contributed by atoms with van der Waals surface area (Å²) in [5.74, 6) is -0.412. The molecule has 36 heavy (non-hydrogen) atoms. The average molecular weight is 533 g/mol. The quantitative estimate of drug-likeness (QED) is 0.284. The Balaban J connectivity index is 2.01. The molecule has 8 heteroatoms. The highest BCUT2D eigenvalue weighted by atomic mass is 32.1. The van der Waals surface area contributed by atoms with Crippen molar-refractivity contribution in [3.63, 3.8) is 0 Å². The van der Waals surface area contributed by atoms with Crippen molar-refractivity contribution in [2.45, 2.75) is 76.4 Å². The van der Waals surface area contributed by atoms with Crippen LogP contribution in [0.15, 0.2) is 60.7 Å². The van der Waals surface area contributed by atoms with Crippen molar-refractivity contribution in [2.75, 3.05) is 19.8 Å². The van der Waals surface area contributed by atoms with Crippen LogP contribution in [-0.4, -0.2) is 64.0 Å². The summed E-state index contributed by atoms with van der Waals surface area (Å²) in [4.78, 5) is 11.8. The molecule has 198 valence electrons. The summed E-state index contributed by atoms with van der Waals surface area (Å²) in [5.41, 5.74) is -0.671. The van der Waals surface area contributed by atoms with Gasteiger partial charge in [-0.05, 0) is 29.3 Å². The van der Waals surface area contributed by atoms with Crippen LogP contribution in [0, 0.1) is 0 Å². The normalized spacial score (nSPS) is 24.9. The van der Waals surface area contributed by atoms with Crippen LogP contribution in [0.3, 0.4) is 0 Å². The topological polar surface area (TPSA) is 63.2 Å². The summed E-state index contributed by atoms with van der Waals surface area (Å²) in [6.07, 6.45) is -2.16. The summed E-state index contributed by atoms with van der Waals surface area (Å²) in [6, 6.07) is 20.9. The summed E-state index contributed by atoms with van der Waals surface area (Å²) in [7, 11) is -2.78. The molecule has 1 aliphatic rings. The van der Waals surface area contributed by atoms with E-state index >= 15 is 0 Å². The van der Waals surface area contributed by atoms with Gasteiger partial charge in [0, 0.05) is 20.1 Å². The van der Waals surface area contributed by atoms with Gasteiger partial charge < -0.3 is 23.4 Å². The second-order valence-electron chi connectivity index (χ2n) is 9.95. The van der Waals surface area contributed by atoms with Gasteiger partial charge in [0.15, 0.2) is 6.10 Å². The van der Waals surface area contributed by atoms with E-state index in [1.807, 2.05) is 26.0 Å². The van der Waals surface area contributed by atoms with E-state index in [4.69, 9.17) is 23.4 Å². The van der Waals surface area contributed by atoms with Gasteiger partial charge in [0.05, 0.1) is 6.61 Å². The molecule has 0 aromatic heterocycles. The third-order valence-corrected chi connectivity index (χ3v) is 11.9. The van der Waals surface area contributed by atoms with Crippen molar-refractivity contribution in [1.29, 1.82) is 0 Å². The number of hydrogen-bond donors (Lipinski definition) is 1. The first-order valence-corrected chi connectivity index (χ1v) is 15.1. The van der Waals surface area contributed by atoms with Gasteiger partial charge in [-0.15, -0.1) is 12.6 Å². The summed E-state index contributed by atoms with van der Waals surface area (Å²) < 4.78 is 31.2. The molecule has 1 fully saturated rings. The van der Waals surface area contributed by atoms with Crippen molar-refractivity contribution in [3.8, 4) is 0 Å². The fourth-order valence-electron chi connectivity index (χ4n) is 5.09. The smallest absolute Gasteiger partial charge is 0.303 e. The van der Waals surface area contributed by atoms with Crippen molar-refractivity contribution >= 4 is 37.3 Å². The molecule has 1 saturated heterocycles. The lowest BCUT2D eigenvalue weighted by atomic mass is 9.99. The lowest BCUT2D eigenvalue weighted by Gasteiger charge is -2.47. The van der Waals surface area contributed by atoms with E-state index in [1.54, 1.807) is 0 Å². The van der Waals surface area contributed by atoms with Crippen molar-refractivity contribution in [1.82, 2.24) is 0 Å². The minimum absolute atomic E-state index is 0.175. The van der Waals surface area contributed by atoms with E-state index in [2.05, 4.69) is 81.9 Å². The number of benzene rings is 2. The molecule has 0 saturated carbocycles. The molecule has 5 atom stereocenters. The third kappa shape index (κ3) is 6.23. The summed E-state index contributed by atoms with van der Waals surface area (Å²) >= 11 is 4.63. The number of rotatable bonds is 10. The minimum Gasteiger partial charge on any atom is -0.456 e. The molecule has 0 radical (unpaired) electrons. The number of esters is 1. The molecule has 0 aliphatic carbocycles. The predicted molar refractivity (Wildman–Crippen MR) is 148 cm³/mol. The van der Waals surface area contributed by atoms with Crippen LogP contribution in [0.1, 0.15) is 41.5 Å². The monoisotopic (exact) mass is 532 g/mol. The molecule has 0 unspecified atom stereocenters. The molecule has 1 aliphatic heterocycles. The van der Waals surface area contributed by atoms with Gasteiger partial charge in [-0.25, -0.2) is 0 Å². The minimum atomic E-state index is -2.78. The molecule has 3 rings (SSSR count). The fraction of sp³-hybridized carbons (Fsp3) is 0.536. The standard InChI is InChI=1S/C28H40O6SSi/c1-7-30-24-23(34-27(35)26(33-20(3)29)25(24)31-8-2)19-32-36(28(4,5)6,21-15-11-9-12-16-21)22-17-13-10-14-18-22/h9-18,23-27,35H,7-8,19H2,1-6H3/t23-,24+,25+,26-,27+/m1/s1. The van der Waals surface area contributed by atoms with E-state index in [-0.39, 0.29) is 11.6 Å². The van der Waals surface area contributed by atoms with Gasteiger partial charge in [-0.2, -0.15) is 0 Å². The Morgan fingerprint density at radius 3 is 1.83 bits per heavy atom. The zero-order chi connectivity index (χ0) is 26.3. The van der Waals surface area contributed by atoms with Gasteiger partial charge >= 0.3 is 5.97 Å². The fourth-order valence-corrected chi connectivity index (χ4v) is 10.0. The second kappa shape index (κ2) is 12.7. The van der Waals surface area contributed by atoms with Crippen LogP contribution >= 0.6 is 12.6 Å². The molecule has 6 nitrogen and oxygen atoms in total. The first-order valence-electron chi connectivity index (χ1n) is 12.6. The predicted octanol–water partition coefficient (Wildman–Crippen LogP) is 3.96. The van der Waals surface area contributed by atoms with Gasteiger partial charge in [-0.1, -0.05) is 81.4 Å². The molecular formula is C28H40O6SSi. The maximum absolute atomic E-state index is 11.8. The Bertz CT molecular complexity index is 912. The molecule has 2 aromatic carbocycles. The lowest BCUT2D eigenvalue weighted by molar-refractivity contribution is -0.238. The lowest BCUT2D eigenvalue weighted by Crippen LogP contribution is -2.68. The number of ether oxygens (including phenoxy) is 4. The van der Waals surface area contributed by atoms with Gasteiger partial charge in [-0.3, -0.25) is 4.79 Å². The highest BCUT2D eigenvalue weighted by Gasteiger charge is 2.53. The third-order valence-electron chi connectivity index (χ3n) is 6.51. The Labute approximate surface area is 222 Å². The summed E-state index contributed by atoms with van der Waals surface area (Å²) in [5, 5.41) is 2.20. The highest BCUT2D eigenvalue weighted by Crippen LogP contribution is 2.38. The number of thiol groups is 1. The molecule has 0 amide bonds. The van der Waals surface area contributed by atoms with Crippen LogP contribution in [0.25, 0.3) is 0 Å². The van der Waals surface area contributed by atoms with Crippen LogP contribution in [0.4, 0.5) is 0 Å². The van der Waals surface area contributed by atoms with E-state index in [1.165, 1.54) is 17.3 Å².